The van der Waals surface area contributed by atoms with Crippen molar-refractivity contribution in [3.05, 3.63) is 71.4 Å². The summed E-state index contributed by atoms with van der Waals surface area (Å²) in [6, 6.07) is 20.2. The first kappa shape index (κ1) is 20.0. The molecule has 0 amide bonds. The normalized spacial score (nSPS) is 17.4. The zero-order valence-corrected chi connectivity index (χ0v) is 18.4. The van der Waals surface area contributed by atoms with Crippen molar-refractivity contribution < 1.29 is 5.11 Å². The molecule has 1 saturated heterocycles. The van der Waals surface area contributed by atoms with Gasteiger partial charge in [0.1, 0.15) is 5.82 Å². The van der Waals surface area contributed by atoms with Gasteiger partial charge in [-0.3, -0.25) is 0 Å². The maximum atomic E-state index is 10.3. The fourth-order valence-corrected chi connectivity index (χ4v) is 4.73. The van der Waals surface area contributed by atoms with Crippen molar-refractivity contribution >= 4 is 23.1 Å². The van der Waals surface area contributed by atoms with Gasteiger partial charge in [-0.05, 0) is 44.4 Å². The second kappa shape index (κ2) is 7.98. The van der Waals surface area contributed by atoms with Gasteiger partial charge in [0, 0.05) is 28.8 Å². The highest BCUT2D eigenvalue weighted by molar-refractivity contribution is 6.30. The van der Waals surface area contributed by atoms with Gasteiger partial charge in [-0.1, -0.05) is 54.1 Å². The summed E-state index contributed by atoms with van der Waals surface area (Å²) in [5, 5.41) is 15.9. The molecule has 158 valence electrons. The van der Waals surface area contributed by atoms with E-state index in [1.165, 1.54) is 0 Å². The van der Waals surface area contributed by atoms with Gasteiger partial charge in [-0.15, -0.1) is 0 Å². The topological polar surface area (TPSA) is 53.7 Å². The van der Waals surface area contributed by atoms with Crippen molar-refractivity contribution in [2.75, 3.05) is 11.4 Å². The summed E-state index contributed by atoms with van der Waals surface area (Å²) < 4.78 is 1.94. The highest BCUT2D eigenvalue weighted by Crippen LogP contribution is 2.35. The Labute approximate surface area is 186 Å². The molecule has 0 bridgehead atoms. The Morgan fingerprint density at radius 2 is 1.81 bits per heavy atom. The third-order valence-corrected chi connectivity index (χ3v) is 6.36. The van der Waals surface area contributed by atoms with Gasteiger partial charge in [0.15, 0.2) is 5.65 Å². The number of benzene rings is 2. The molecule has 31 heavy (non-hydrogen) atoms. The lowest BCUT2D eigenvalue weighted by Crippen LogP contribution is -2.38. The average Bonchev–Trinajstić information content (AvgIpc) is 3.39. The Kier molecular flexibility index (Phi) is 5.16. The Morgan fingerprint density at radius 1 is 1.06 bits per heavy atom. The Balaban J connectivity index is 1.77. The van der Waals surface area contributed by atoms with Gasteiger partial charge in [0.2, 0.25) is 0 Å². The largest absolute Gasteiger partial charge is 0.391 e. The summed E-state index contributed by atoms with van der Waals surface area (Å²) in [7, 11) is 0. The number of halogens is 1. The van der Waals surface area contributed by atoms with E-state index in [0.717, 1.165) is 58.9 Å². The highest BCUT2D eigenvalue weighted by atomic mass is 35.5. The molecular weight excluding hydrogens is 408 g/mol. The molecule has 0 aliphatic carbocycles. The van der Waals surface area contributed by atoms with Crippen LogP contribution in [-0.2, 0) is 0 Å². The van der Waals surface area contributed by atoms with Crippen LogP contribution >= 0.6 is 11.6 Å². The fourth-order valence-electron chi connectivity index (χ4n) is 4.61. The van der Waals surface area contributed by atoms with Crippen LogP contribution < -0.4 is 4.90 Å². The van der Waals surface area contributed by atoms with E-state index in [1.807, 2.05) is 60.8 Å². The van der Waals surface area contributed by atoms with E-state index in [0.29, 0.717) is 5.02 Å². The number of anilines is 1. The van der Waals surface area contributed by atoms with E-state index in [1.54, 1.807) is 0 Å². The van der Waals surface area contributed by atoms with Crippen LogP contribution in [0.1, 0.15) is 25.5 Å². The monoisotopic (exact) mass is 432 g/mol. The molecule has 2 atom stereocenters. The zero-order valence-electron chi connectivity index (χ0n) is 17.7. The maximum Gasteiger partial charge on any atom is 0.166 e. The number of hydrogen-bond acceptors (Lipinski definition) is 4. The van der Waals surface area contributed by atoms with Crippen LogP contribution in [0.25, 0.3) is 28.0 Å². The molecule has 6 heteroatoms. The quantitative estimate of drug-likeness (QED) is 0.470. The second-order valence-corrected chi connectivity index (χ2v) is 8.65. The third-order valence-electron chi connectivity index (χ3n) is 6.10. The number of aliphatic hydroxyl groups is 1. The maximum absolute atomic E-state index is 10.3. The van der Waals surface area contributed by atoms with Gasteiger partial charge in [0.05, 0.1) is 23.5 Å². The predicted octanol–water partition coefficient (Wildman–Crippen LogP) is 5.37. The Bertz CT molecular complexity index is 1220. The second-order valence-electron chi connectivity index (χ2n) is 8.21. The van der Waals surface area contributed by atoms with Crippen LogP contribution in [0.3, 0.4) is 0 Å². The van der Waals surface area contributed by atoms with Crippen molar-refractivity contribution in [2.45, 2.75) is 38.8 Å². The SMILES string of the molecule is Cc1nn2c(-c3ccccc3)cc(N3CCCC3[C@@H](C)O)nc2c1-c1ccc(Cl)cc1. The van der Waals surface area contributed by atoms with Crippen LogP contribution in [0.4, 0.5) is 5.82 Å². The summed E-state index contributed by atoms with van der Waals surface area (Å²) in [5.74, 6) is 0.880. The number of nitrogens with zero attached hydrogens (tertiary/aromatic N) is 4. The standard InChI is InChI=1S/C25H25ClN4O/c1-16-24(19-10-12-20(26)13-11-19)25-27-23(29-14-6-9-21(29)17(2)31)15-22(30(25)28-16)18-7-4-3-5-8-18/h3-5,7-8,10-13,15,17,21,31H,6,9,14H2,1-2H3/t17-,21?/m1/s1. The van der Waals surface area contributed by atoms with Crippen molar-refractivity contribution in [2.24, 2.45) is 0 Å². The molecule has 4 aromatic rings. The van der Waals surface area contributed by atoms with Crippen molar-refractivity contribution in [1.29, 1.82) is 0 Å². The molecule has 0 saturated carbocycles. The fraction of sp³-hybridized carbons (Fsp3) is 0.280. The summed E-state index contributed by atoms with van der Waals surface area (Å²) >= 11 is 6.13. The zero-order chi connectivity index (χ0) is 21.5. The first-order valence-electron chi connectivity index (χ1n) is 10.7. The van der Waals surface area contributed by atoms with E-state index < -0.39 is 6.10 Å². The minimum atomic E-state index is -0.414. The molecule has 1 aliphatic rings. The number of fused-ring (bicyclic) bond motifs is 1. The molecule has 1 unspecified atom stereocenters. The average molecular weight is 433 g/mol. The highest BCUT2D eigenvalue weighted by Gasteiger charge is 2.30. The summed E-state index contributed by atoms with van der Waals surface area (Å²) in [4.78, 5) is 7.32. The molecule has 2 aromatic heterocycles. The van der Waals surface area contributed by atoms with Gasteiger partial charge in [-0.2, -0.15) is 5.10 Å². The molecular formula is C25H25ClN4O. The third kappa shape index (κ3) is 3.58. The first-order chi connectivity index (χ1) is 15.0. The minimum absolute atomic E-state index is 0.0709. The lowest BCUT2D eigenvalue weighted by Gasteiger charge is -2.28. The molecule has 3 heterocycles. The number of aryl methyl sites for hydroxylation is 1. The molecule has 1 N–H and O–H groups in total. The van der Waals surface area contributed by atoms with Crippen LogP contribution in [0.15, 0.2) is 60.7 Å². The van der Waals surface area contributed by atoms with E-state index >= 15 is 0 Å². The minimum Gasteiger partial charge on any atom is -0.391 e. The summed E-state index contributed by atoms with van der Waals surface area (Å²) in [6.07, 6.45) is 1.60. The number of rotatable bonds is 4. The smallest absolute Gasteiger partial charge is 0.166 e. The van der Waals surface area contributed by atoms with Gasteiger partial charge < -0.3 is 10.0 Å². The van der Waals surface area contributed by atoms with Crippen LogP contribution in [0, 0.1) is 6.92 Å². The summed E-state index contributed by atoms with van der Waals surface area (Å²) in [6.45, 7) is 4.76. The molecule has 2 aromatic carbocycles. The van der Waals surface area contributed by atoms with Crippen molar-refractivity contribution in [1.82, 2.24) is 14.6 Å². The van der Waals surface area contributed by atoms with Crippen LogP contribution in [0.2, 0.25) is 5.02 Å². The lowest BCUT2D eigenvalue weighted by molar-refractivity contribution is 0.164. The first-order valence-corrected chi connectivity index (χ1v) is 11.1. The molecule has 5 rings (SSSR count). The van der Waals surface area contributed by atoms with Gasteiger partial charge in [-0.25, -0.2) is 9.50 Å². The number of hydrogen-bond donors (Lipinski definition) is 1. The molecule has 0 spiro atoms. The molecule has 1 fully saturated rings. The van der Waals surface area contributed by atoms with E-state index in [-0.39, 0.29) is 6.04 Å². The lowest BCUT2D eigenvalue weighted by atomic mass is 10.1. The molecule has 5 nitrogen and oxygen atoms in total. The van der Waals surface area contributed by atoms with Gasteiger partial charge in [0.25, 0.3) is 0 Å². The molecule has 1 aliphatic heterocycles. The van der Waals surface area contributed by atoms with Crippen LogP contribution in [0.5, 0.6) is 0 Å². The number of aliphatic hydroxyl groups excluding tert-OH is 1. The molecule has 0 radical (unpaired) electrons. The number of aromatic nitrogens is 3. The van der Waals surface area contributed by atoms with E-state index in [9.17, 15) is 5.11 Å². The van der Waals surface area contributed by atoms with E-state index in [2.05, 4.69) is 23.1 Å². The van der Waals surface area contributed by atoms with Gasteiger partial charge >= 0.3 is 0 Å². The Hall–Kier alpha value is -2.89. The Morgan fingerprint density at radius 3 is 2.52 bits per heavy atom. The predicted molar refractivity (Wildman–Crippen MR) is 126 cm³/mol. The van der Waals surface area contributed by atoms with Crippen LogP contribution in [-0.4, -0.2) is 38.4 Å². The van der Waals surface area contributed by atoms with Crippen molar-refractivity contribution in [3.63, 3.8) is 0 Å². The van der Waals surface area contributed by atoms with Crippen molar-refractivity contribution in [3.8, 4) is 22.4 Å². The van der Waals surface area contributed by atoms with E-state index in [4.69, 9.17) is 21.7 Å². The summed E-state index contributed by atoms with van der Waals surface area (Å²) in [5.41, 5.74) is 5.83.